The van der Waals surface area contributed by atoms with Crippen molar-refractivity contribution in [3.05, 3.63) is 98.5 Å². The lowest BCUT2D eigenvalue weighted by Crippen LogP contribution is -2.67. The number of fused-ring (bicyclic) bond motifs is 12. The second kappa shape index (κ2) is 13.6. The number of aromatic nitrogens is 5. The topological polar surface area (TPSA) is 161 Å². The van der Waals surface area contributed by atoms with Gasteiger partial charge in [-0.25, -0.2) is 9.78 Å². The number of H-pyrrole nitrogens is 2. The Morgan fingerprint density at radius 3 is 1.85 bits per heavy atom. The van der Waals surface area contributed by atoms with Gasteiger partial charge in [-0.1, -0.05) is 11.6 Å². The minimum atomic E-state index is -4.48. The molecule has 17 heteroatoms. The number of aromatic amines is 2. The Bertz CT molecular complexity index is 2670. The van der Waals surface area contributed by atoms with Crippen molar-refractivity contribution in [2.24, 2.45) is 0 Å². The van der Waals surface area contributed by atoms with Crippen molar-refractivity contribution in [1.29, 1.82) is 0 Å². The number of likely N-dealkylation sites (tertiary alicyclic amines) is 2. The first-order valence-corrected chi connectivity index (χ1v) is 20.7. The number of pyridine rings is 3. The summed E-state index contributed by atoms with van der Waals surface area (Å²) in [5.74, 6) is -0.0928. The van der Waals surface area contributed by atoms with Gasteiger partial charge in [-0.15, -0.1) is 0 Å². The fraction of sp³-hybridized carbons (Fsp3) is 0.409. The Morgan fingerprint density at radius 1 is 0.770 bits per heavy atom. The van der Waals surface area contributed by atoms with E-state index >= 15 is 0 Å². The lowest BCUT2D eigenvalue weighted by atomic mass is 9.72. The van der Waals surface area contributed by atoms with Gasteiger partial charge in [0.2, 0.25) is 0 Å². The van der Waals surface area contributed by atoms with Crippen LogP contribution in [0.2, 0.25) is 5.15 Å². The number of hydrogen-bond donors (Lipinski definition) is 4. The van der Waals surface area contributed by atoms with E-state index in [2.05, 4.69) is 47.5 Å². The Morgan fingerprint density at radius 2 is 1.33 bits per heavy atom. The van der Waals surface area contributed by atoms with Crippen molar-refractivity contribution in [3.63, 3.8) is 0 Å². The summed E-state index contributed by atoms with van der Waals surface area (Å²) in [4.78, 5) is 61.2. The highest BCUT2D eigenvalue weighted by Gasteiger charge is 2.54. The zero-order valence-electron chi connectivity index (χ0n) is 34.0. The minimum Gasteiger partial charge on any atom is -0.444 e. The maximum Gasteiger partial charge on any atom is 0.433 e. The number of halogens is 4. The van der Waals surface area contributed by atoms with Gasteiger partial charge in [0.15, 0.2) is 0 Å². The van der Waals surface area contributed by atoms with E-state index in [0.717, 1.165) is 112 Å². The van der Waals surface area contributed by atoms with Gasteiger partial charge < -0.3 is 35.1 Å². The molecule has 0 aromatic carbocycles. The number of amides is 3. The molecule has 0 saturated carbocycles. The number of alkyl halides is 3. The van der Waals surface area contributed by atoms with Crippen LogP contribution in [0.3, 0.4) is 0 Å². The Labute approximate surface area is 353 Å². The van der Waals surface area contributed by atoms with E-state index in [1.165, 1.54) is 12.3 Å². The van der Waals surface area contributed by atoms with Gasteiger partial charge in [0.1, 0.15) is 16.4 Å². The fourth-order valence-electron chi connectivity index (χ4n) is 10.0. The van der Waals surface area contributed by atoms with Gasteiger partial charge in [-0.2, -0.15) is 13.2 Å². The lowest BCUT2D eigenvalue weighted by molar-refractivity contribution is -0.141. The van der Waals surface area contributed by atoms with Gasteiger partial charge in [0, 0.05) is 85.9 Å². The average Bonchev–Trinajstić information content (AvgIpc) is 3.79. The lowest BCUT2D eigenvalue weighted by Gasteiger charge is -2.51. The number of nitrogens with one attached hydrogen (secondary N) is 4. The SMILES string of the molecule is CC(C)(C)OC(=O)N1CC2(CNC(=O)c3c2[nH]c2c3CCc3cnc(Cl)cc3-2)C1.CN1CC2(CNC(=O)c3c2[nH]c2c3CCc3cnc(-c4ccc(C(F)(F)F)nc4)cc3-2)C1. The van der Waals surface area contributed by atoms with E-state index in [0.29, 0.717) is 42.6 Å². The molecule has 5 aromatic heterocycles. The number of rotatable bonds is 1. The Hall–Kier alpha value is -5.74. The molecule has 13 nitrogen and oxygen atoms in total. The molecule has 316 valence electrons. The predicted octanol–water partition coefficient (Wildman–Crippen LogP) is 6.24. The third-order valence-corrected chi connectivity index (χ3v) is 13.0. The smallest absolute Gasteiger partial charge is 0.433 e. The summed E-state index contributed by atoms with van der Waals surface area (Å²) in [6.45, 7) is 9.48. The molecule has 3 amide bonds. The van der Waals surface area contributed by atoms with Crippen LogP contribution >= 0.6 is 11.6 Å². The molecule has 5 aromatic rings. The summed E-state index contributed by atoms with van der Waals surface area (Å²) in [6.07, 6.45) is 3.09. The molecular weight excluding hydrogens is 811 g/mol. The van der Waals surface area contributed by atoms with Crippen LogP contribution in [0.15, 0.2) is 42.9 Å². The number of ether oxygens (including phenoxy) is 1. The second-order valence-electron chi connectivity index (χ2n) is 18.2. The zero-order valence-corrected chi connectivity index (χ0v) is 34.7. The number of nitrogens with zero attached hydrogens (tertiary/aromatic N) is 5. The van der Waals surface area contributed by atoms with Gasteiger partial charge >= 0.3 is 12.3 Å². The summed E-state index contributed by atoms with van der Waals surface area (Å²) < 4.78 is 44.1. The first kappa shape index (κ1) is 39.4. The minimum absolute atomic E-state index is 0.0395. The van der Waals surface area contributed by atoms with Crippen molar-refractivity contribution < 1.29 is 32.3 Å². The Kier molecular flexibility index (Phi) is 8.80. The van der Waals surface area contributed by atoms with Crippen LogP contribution in [-0.4, -0.2) is 105 Å². The number of carbonyl (C=O) groups excluding carboxylic acids is 3. The van der Waals surface area contributed by atoms with Crippen molar-refractivity contribution >= 4 is 29.5 Å². The largest absolute Gasteiger partial charge is 0.444 e. The molecule has 2 saturated heterocycles. The number of hydrogen-bond acceptors (Lipinski definition) is 8. The van der Waals surface area contributed by atoms with Crippen molar-refractivity contribution in [2.45, 2.75) is 69.1 Å². The summed E-state index contributed by atoms with van der Waals surface area (Å²) in [7, 11) is 2.07. The molecule has 61 heavy (non-hydrogen) atoms. The van der Waals surface area contributed by atoms with Crippen LogP contribution in [0.1, 0.15) is 80.8 Å². The van der Waals surface area contributed by atoms with Gasteiger partial charge in [-0.05, 0) is 100 Å². The normalized spacial score (nSPS) is 19.0. The number of aryl methyl sites for hydroxylation is 2. The molecule has 2 aliphatic carbocycles. The van der Waals surface area contributed by atoms with E-state index in [1.54, 1.807) is 11.1 Å². The monoisotopic (exact) mass is 853 g/mol. The average molecular weight is 854 g/mol. The standard InChI is InChI=1S/C23H20F3N5O.C21H23ClN4O3/c1-31-10-22(11-31)9-29-21(32)18-14-4-2-12-7-27-16(6-15(12)19(14)30-20(18)22)13-3-5-17(28-8-13)23(24,25)26;1-20(2,3)29-19(28)26-9-21(10-26)8-24-18(27)15-12-5-4-11-7-23-14(22)6-13(11)16(12)25-17(15)21/h3,5-8,30H,2,4,9-11H2,1H3,(H,29,32);6-7,25H,4-5,8-10H2,1-3H3,(H,24,27). The maximum absolute atomic E-state index is 12.9. The quantitative estimate of drug-likeness (QED) is 0.144. The van der Waals surface area contributed by atoms with Crippen molar-refractivity contribution in [2.75, 3.05) is 46.3 Å². The maximum atomic E-state index is 12.9. The molecule has 9 heterocycles. The first-order chi connectivity index (χ1) is 28.9. The van der Waals surface area contributed by atoms with Crippen LogP contribution in [0.25, 0.3) is 33.8 Å². The van der Waals surface area contributed by atoms with E-state index in [-0.39, 0.29) is 28.7 Å². The van der Waals surface area contributed by atoms with Crippen LogP contribution in [0, 0.1) is 0 Å². The van der Waals surface area contributed by atoms with Gasteiger partial charge in [0.25, 0.3) is 11.8 Å². The summed E-state index contributed by atoms with van der Waals surface area (Å²) in [6, 6.07) is 6.10. The van der Waals surface area contributed by atoms with Crippen LogP contribution < -0.4 is 10.6 Å². The highest BCUT2D eigenvalue weighted by molar-refractivity contribution is 6.29. The highest BCUT2D eigenvalue weighted by Crippen LogP contribution is 2.47. The number of likely N-dealkylation sites (N-methyl/N-ethyl adjacent to an activating group) is 1. The molecule has 4 N–H and O–H groups in total. The molecule has 0 atom stereocenters. The van der Waals surface area contributed by atoms with Gasteiger partial charge in [0.05, 0.1) is 39.0 Å². The highest BCUT2D eigenvalue weighted by atomic mass is 35.5. The summed E-state index contributed by atoms with van der Waals surface area (Å²) in [5, 5.41) is 6.54. The van der Waals surface area contributed by atoms with E-state index in [9.17, 15) is 27.6 Å². The van der Waals surface area contributed by atoms with Crippen LogP contribution in [-0.2, 0) is 47.4 Å². The van der Waals surface area contributed by atoms with Crippen molar-refractivity contribution in [3.8, 4) is 33.8 Å². The third-order valence-electron chi connectivity index (χ3n) is 12.8. The number of carbonyl (C=O) groups is 3. The predicted molar refractivity (Wildman–Crippen MR) is 219 cm³/mol. The summed E-state index contributed by atoms with van der Waals surface area (Å²) >= 11 is 6.14. The molecule has 0 radical (unpaired) electrons. The molecule has 4 aliphatic heterocycles. The van der Waals surface area contributed by atoms with Crippen LogP contribution in [0.5, 0.6) is 0 Å². The summed E-state index contributed by atoms with van der Waals surface area (Å²) in [5.41, 5.74) is 10.7. The molecular formula is C44H43ClF3N9O4. The van der Waals surface area contributed by atoms with E-state index in [4.69, 9.17) is 16.3 Å². The van der Waals surface area contributed by atoms with E-state index < -0.39 is 17.5 Å². The van der Waals surface area contributed by atoms with Crippen molar-refractivity contribution in [1.82, 2.24) is 45.4 Å². The fourth-order valence-corrected chi connectivity index (χ4v) is 10.2. The molecule has 11 rings (SSSR count). The Balaban J connectivity index is 0.000000147. The molecule has 2 fully saturated rings. The molecule has 6 aliphatic rings. The van der Waals surface area contributed by atoms with Gasteiger partial charge in [-0.3, -0.25) is 19.6 Å². The molecule has 0 bridgehead atoms. The second-order valence-corrected chi connectivity index (χ2v) is 18.6. The van der Waals surface area contributed by atoms with E-state index in [1.807, 2.05) is 39.1 Å². The third kappa shape index (κ3) is 6.48. The molecule has 2 spiro atoms. The first-order valence-electron chi connectivity index (χ1n) is 20.3. The zero-order chi connectivity index (χ0) is 42.8. The van der Waals surface area contributed by atoms with Crippen LogP contribution in [0.4, 0.5) is 18.0 Å². The molecule has 0 unspecified atom stereocenters.